The Bertz CT molecular complexity index is 236. The molecular formula is C10H24N4O2S. The predicted molar refractivity (Wildman–Crippen MR) is 72.3 cm³/mol. The van der Waals surface area contributed by atoms with Gasteiger partial charge in [-0.3, -0.25) is 14.6 Å². The minimum absolute atomic E-state index is 0.573. The molecule has 1 atom stereocenters. The van der Waals surface area contributed by atoms with Gasteiger partial charge in [0, 0.05) is 49.1 Å². The number of rotatable bonds is 9. The van der Waals surface area contributed by atoms with Gasteiger partial charge in [0.2, 0.25) is 5.96 Å². The topological polar surface area (TPSA) is 88.7 Å². The number of hydrazine groups is 1. The molecule has 0 heterocycles. The van der Waals surface area contributed by atoms with Crippen molar-refractivity contribution in [1.29, 1.82) is 0 Å². The van der Waals surface area contributed by atoms with E-state index in [0.717, 1.165) is 32.6 Å². The van der Waals surface area contributed by atoms with Gasteiger partial charge in [-0.2, -0.15) is 0 Å². The van der Waals surface area contributed by atoms with Crippen LogP contribution in [0.25, 0.3) is 0 Å². The fraction of sp³-hybridized carbons (Fsp3) is 0.900. The number of nitrogens with one attached hydrogen (secondary N) is 2. The molecule has 0 amide bonds. The van der Waals surface area contributed by atoms with Gasteiger partial charge in [0.05, 0.1) is 0 Å². The van der Waals surface area contributed by atoms with Gasteiger partial charge in [-0.1, -0.05) is 0 Å². The Kier molecular flexibility index (Phi) is 11.4. The Balaban J connectivity index is 3.59. The largest absolute Gasteiger partial charge is 0.382 e. The molecule has 0 radical (unpaired) electrons. The maximum Gasteiger partial charge on any atom is 0.205 e. The number of hydrogen-bond acceptors (Lipinski definition) is 4. The van der Waals surface area contributed by atoms with Crippen molar-refractivity contribution in [1.82, 2.24) is 10.7 Å². The highest BCUT2D eigenvalue weighted by molar-refractivity contribution is 7.84. The first-order valence-corrected chi connectivity index (χ1v) is 7.56. The summed E-state index contributed by atoms with van der Waals surface area (Å²) < 4.78 is 16.0. The molecule has 0 aliphatic heterocycles. The summed E-state index contributed by atoms with van der Waals surface area (Å²) in [5.74, 6) is 6.57. The zero-order valence-corrected chi connectivity index (χ0v) is 11.5. The number of guanidine groups is 1. The molecule has 0 aromatic heterocycles. The van der Waals surface area contributed by atoms with E-state index >= 15 is 0 Å². The minimum atomic E-state index is -0.749. The molecule has 0 saturated heterocycles. The van der Waals surface area contributed by atoms with Crippen molar-refractivity contribution < 1.29 is 8.95 Å². The summed E-state index contributed by atoms with van der Waals surface area (Å²) in [5, 5.41) is 3.07. The van der Waals surface area contributed by atoms with E-state index in [1.165, 1.54) is 0 Å². The van der Waals surface area contributed by atoms with Gasteiger partial charge in [0.15, 0.2) is 0 Å². The third-order valence-electron chi connectivity index (χ3n) is 1.96. The first-order chi connectivity index (χ1) is 8.20. The van der Waals surface area contributed by atoms with Crippen LogP contribution in [0, 0.1) is 0 Å². The van der Waals surface area contributed by atoms with Crippen LogP contribution in [0.1, 0.15) is 19.8 Å². The fourth-order valence-corrected chi connectivity index (χ4v) is 1.67. The van der Waals surface area contributed by atoms with Crippen molar-refractivity contribution >= 4 is 16.8 Å². The van der Waals surface area contributed by atoms with E-state index in [4.69, 9.17) is 10.6 Å². The van der Waals surface area contributed by atoms with Crippen molar-refractivity contribution in [3.63, 3.8) is 0 Å². The molecular weight excluding hydrogens is 240 g/mol. The lowest BCUT2D eigenvalue weighted by atomic mass is 10.4. The normalized spacial score (nSPS) is 13.5. The van der Waals surface area contributed by atoms with Gasteiger partial charge in [0.1, 0.15) is 0 Å². The van der Waals surface area contributed by atoms with Gasteiger partial charge < -0.3 is 10.1 Å². The Hall–Kier alpha value is -0.660. The van der Waals surface area contributed by atoms with Crippen molar-refractivity contribution in [2.75, 3.05) is 38.3 Å². The summed E-state index contributed by atoms with van der Waals surface area (Å²) >= 11 is 0. The highest BCUT2D eigenvalue weighted by Gasteiger charge is 1.95. The van der Waals surface area contributed by atoms with Crippen LogP contribution in [0.2, 0.25) is 0 Å². The van der Waals surface area contributed by atoms with Crippen LogP contribution < -0.4 is 16.6 Å². The SMILES string of the molecule is CCOCCCNC(=NCCCS(C)=O)NN. The second kappa shape index (κ2) is 11.8. The molecule has 0 bridgehead atoms. The van der Waals surface area contributed by atoms with Crippen LogP contribution in [-0.2, 0) is 15.5 Å². The summed E-state index contributed by atoms with van der Waals surface area (Å²) in [5.41, 5.74) is 2.50. The molecule has 4 N–H and O–H groups in total. The molecule has 17 heavy (non-hydrogen) atoms. The highest BCUT2D eigenvalue weighted by atomic mass is 32.2. The van der Waals surface area contributed by atoms with E-state index < -0.39 is 10.8 Å². The van der Waals surface area contributed by atoms with Crippen LogP contribution in [0.4, 0.5) is 0 Å². The minimum Gasteiger partial charge on any atom is -0.382 e. The molecule has 0 saturated carbocycles. The maximum atomic E-state index is 10.8. The molecule has 102 valence electrons. The molecule has 0 aromatic carbocycles. The summed E-state index contributed by atoms with van der Waals surface area (Å²) in [6, 6.07) is 0. The van der Waals surface area contributed by atoms with E-state index in [-0.39, 0.29) is 0 Å². The average Bonchev–Trinajstić information content (AvgIpc) is 2.31. The van der Waals surface area contributed by atoms with Crippen LogP contribution in [0.3, 0.4) is 0 Å². The molecule has 0 fully saturated rings. The zero-order valence-electron chi connectivity index (χ0n) is 10.7. The zero-order chi connectivity index (χ0) is 12.9. The molecule has 0 aliphatic rings. The standard InChI is InChI=1S/C10H24N4O2S/c1-3-16-8-4-6-12-10(14-11)13-7-5-9-17(2)15/h3-9,11H2,1-2H3,(H2,12,13,14). The monoisotopic (exact) mass is 264 g/mol. The van der Waals surface area contributed by atoms with Gasteiger partial charge in [-0.15, -0.1) is 0 Å². The first-order valence-electron chi connectivity index (χ1n) is 5.83. The van der Waals surface area contributed by atoms with Crippen LogP contribution in [-0.4, -0.2) is 48.5 Å². The van der Waals surface area contributed by atoms with E-state index in [1.807, 2.05) is 6.92 Å². The van der Waals surface area contributed by atoms with Crippen LogP contribution >= 0.6 is 0 Å². The molecule has 0 spiro atoms. The van der Waals surface area contributed by atoms with Crippen molar-refractivity contribution in [3.8, 4) is 0 Å². The predicted octanol–water partition coefficient (Wildman–Crippen LogP) is -0.409. The average molecular weight is 264 g/mol. The summed E-state index contributed by atoms with van der Waals surface area (Å²) in [6.45, 7) is 4.83. The third kappa shape index (κ3) is 11.6. The lowest BCUT2D eigenvalue weighted by molar-refractivity contribution is 0.145. The van der Waals surface area contributed by atoms with E-state index in [1.54, 1.807) is 6.26 Å². The Morgan fingerprint density at radius 1 is 1.47 bits per heavy atom. The van der Waals surface area contributed by atoms with Gasteiger partial charge >= 0.3 is 0 Å². The number of nitrogens with zero attached hydrogens (tertiary/aromatic N) is 1. The number of aliphatic imine (C=N–C) groups is 1. The number of ether oxygens (including phenoxy) is 1. The maximum absolute atomic E-state index is 10.8. The van der Waals surface area contributed by atoms with Gasteiger partial charge in [-0.05, 0) is 19.8 Å². The molecule has 0 rings (SSSR count). The second-order valence-corrected chi connectivity index (χ2v) is 5.04. The lowest BCUT2D eigenvalue weighted by Gasteiger charge is -2.08. The lowest BCUT2D eigenvalue weighted by Crippen LogP contribution is -2.42. The first kappa shape index (κ1) is 16.3. The van der Waals surface area contributed by atoms with Gasteiger partial charge in [-0.25, -0.2) is 5.84 Å². The fourth-order valence-electron chi connectivity index (χ4n) is 1.14. The smallest absolute Gasteiger partial charge is 0.205 e. The van der Waals surface area contributed by atoms with Crippen molar-refractivity contribution in [2.45, 2.75) is 19.8 Å². The molecule has 0 aliphatic carbocycles. The van der Waals surface area contributed by atoms with Crippen molar-refractivity contribution in [2.24, 2.45) is 10.8 Å². The summed E-state index contributed by atoms with van der Waals surface area (Å²) in [4.78, 5) is 4.23. The van der Waals surface area contributed by atoms with Crippen LogP contribution in [0.5, 0.6) is 0 Å². The Morgan fingerprint density at radius 3 is 2.82 bits per heavy atom. The van der Waals surface area contributed by atoms with Crippen LogP contribution in [0.15, 0.2) is 4.99 Å². The number of nitrogens with two attached hydrogens (primary N) is 1. The van der Waals surface area contributed by atoms with Gasteiger partial charge in [0.25, 0.3) is 0 Å². The third-order valence-corrected chi connectivity index (χ3v) is 2.82. The Morgan fingerprint density at radius 2 is 2.24 bits per heavy atom. The number of hydrogen-bond donors (Lipinski definition) is 3. The quantitative estimate of drug-likeness (QED) is 0.173. The highest BCUT2D eigenvalue weighted by Crippen LogP contribution is 1.86. The molecule has 0 aromatic rings. The summed E-state index contributed by atoms with van der Waals surface area (Å²) in [7, 11) is -0.749. The van der Waals surface area contributed by atoms with E-state index in [2.05, 4.69) is 15.7 Å². The molecule has 6 nitrogen and oxygen atoms in total. The molecule has 7 heteroatoms. The molecule has 1 unspecified atom stereocenters. The Labute approximate surface area is 106 Å². The van der Waals surface area contributed by atoms with E-state index in [0.29, 0.717) is 18.3 Å². The van der Waals surface area contributed by atoms with Crippen molar-refractivity contribution in [3.05, 3.63) is 0 Å². The summed E-state index contributed by atoms with van der Waals surface area (Å²) in [6.07, 6.45) is 3.40. The van der Waals surface area contributed by atoms with E-state index in [9.17, 15) is 4.21 Å². The second-order valence-electron chi connectivity index (χ2n) is 3.48.